The number of benzene rings is 1. The molecule has 0 amide bonds. The van der Waals surface area contributed by atoms with Crippen LogP contribution < -0.4 is 0 Å². The van der Waals surface area contributed by atoms with Crippen LogP contribution in [0.5, 0.6) is 0 Å². The van der Waals surface area contributed by atoms with Gasteiger partial charge in [-0.05, 0) is 51.1 Å². The molecular weight excluding hydrogens is 497 g/mol. The summed E-state index contributed by atoms with van der Waals surface area (Å²) in [5.74, 6) is -1.46. The molecule has 194 valence electrons. The van der Waals surface area contributed by atoms with E-state index >= 15 is 0 Å². The van der Waals surface area contributed by atoms with Crippen LogP contribution in [0.15, 0.2) is 47.9 Å². The van der Waals surface area contributed by atoms with Gasteiger partial charge in [0.2, 0.25) is 0 Å². The maximum absolute atomic E-state index is 13.8. The second kappa shape index (κ2) is 9.54. The average molecular weight is 526 g/mol. The molecule has 0 aliphatic carbocycles. The zero-order valence-corrected chi connectivity index (χ0v) is 21.8. The molecule has 1 aromatic carbocycles. The third kappa shape index (κ3) is 5.24. The maximum atomic E-state index is 13.8. The highest BCUT2D eigenvalue weighted by Gasteiger charge is 2.42. The van der Waals surface area contributed by atoms with Gasteiger partial charge in [-0.15, -0.1) is 0 Å². The van der Waals surface area contributed by atoms with Crippen molar-refractivity contribution in [1.82, 2.24) is 19.7 Å². The highest BCUT2D eigenvalue weighted by Crippen LogP contribution is 2.37. The van der Waals surface area contributed by atoms with Crippen LogP contribution >= 0.6 is 11.6 Å². The van der Waals surface area contributed by atoms with E-state index in [1.807, 2.05) is 4.68 Å². The highest BCUT2D eigenvalue weighted by atomic mass is 35.5. The molecule has 10 heteroatoms. The quantitative estimate of drug-likeness (QED) is 0.482. The average Bonchev–Trinajstić information content (AvgIpc) is 3.47. The van der Waals surface area contributed by atoms with Gasteiger partial charge in [-0.2, -0.15) is 5.10 Å². The zero-order chi connectivity index (χ0) is 26.4. The molecule has 0 atom stereocenters. The number of hydrogen-bond donors (Lipinski definition) is 1. The lowest BCUT2D eigenvalue weighted by atomic mass is 9.86. The number of likely N-dealkylation sites (tertiary alicyclic amines) is 1. The van der Waals surface area contributed by atoms with Crippen LogP contribution in [0.3, 0.4) is 0 Å². The van der Waals surface area contributed by atoms with E-state index in [1.54, 1.807) is 18.2 Å². The Bertz CT molecular complexity index is 1360. The first kappa shape index (κ1) is 25.4. The first-order chi connectivity index (χ1) is 17.5. The standard InChI is InChI=1S/C27H29ClFN5O3/c1-26(2,3)34-16-19(24(31-34)17-4-6-21(29)20(28)12-17)15-33-10-8-27(9-11-33)13-23(32-37-27)22-7-5-18(14-30-22)25(35)36/h4-7,12,14,16H,8-11,13,15H2,1-3H3,(H,35,36). The second-order valence-corrected chi connectivity index (χ2v) is 11.2. The summed E-state index contributed by atoms with van der Waals surface area (Å²) in [6.45, 7) is 8.61. The van der Waals surface area contributed by atoms with E-state index < -0.39 is 11.8 Å². The maximum Gasteiger partial charge on any atom is 0.337 e. The molecule has 1 saturated heterocycles. The van der Waals surface area contributed by atoms with Crippen molar-refractivity contribution in [2.24, 2.45) is 5.16 Å². The van der Waals surface area contributed by atoms with E-state index in [4.69, 9.17) is 26.6 Å². The number of hydrogen-bond acceptors (Lipinski definition) is 6. The number of carbonyl (C=O) groups is 1. The van der Waals surface area contributed by atoms with Gasteiger partial charge in [0, 0.05) is 62.4 Å². The van der Waals surface area contributed by atoms with Gasteiger partial charge in [-0.1, -0.05) is 16.8 Å². The van der Waals surface area contributed by atoms with Gasteiger partial charge in [0.25, 0.3) is 0 Å². The van der Waals surface area contributed by atoms with E-state index in [9.17, 15) is 9.18 Å². The number of halogens is 2. The molecule has 0 unspecified atom stereocenters. The van der Waals surface area contributed by atoms with Crippen molar-refractivity contribution in [3.8, 4) is 11.3 Å². The van der Waals surface area contributed by atoms with Crippen molar-refractivity contribution in [2.75, 3.05) is 13.1 Å². The third-order valence-electron chi connectivity index (χ3n) is 6.98. The zero-order valence-electron chi connectivity index (χ0n) is 21.0. The summed E-state index contributed by atoms with van der Waals surface area (Å²) >= 11 is 6.08. The summed E-state index contributed by atoms with van der Waals surface area (Å²) in [5.41, 5.74) is 3.59. The number of piperidine rings is 1. The summed E-state index contributed by atoms with van der Waals surface area (Å²) < 4.78 is 15.7. The van der Waals surface area contributed by atoms with E-state index in [0.717, 1.165) is 48.5 Å². The van der Waals surface area contributed by atoms with Crippen LogP contribution in [0.4, 0.5) is 4.39 Å². The molecule has 4 heterocycles. The molecule has 3 aromatic rings. The lowest BCUT2D eigenvalue weighted by Gasteiger charge is -2.37. The van der Waals surface area contributed by atoms with Crippen molar-refractivity contribution < 1.29 is 19.1 Å². The van der Waals surface area contributed by atoms with Crippen molar-refractivity contribution in [3.05, 3.63) is 70.4 Å². The summed E-state index contributed by atoms with van der Waals surface area (Å²) in [6, 6.07) is 7.93. The fraction of sp³-hybridized carbons (Fsp3) is 0.407. The monoisotopic (exact) mass is 525 g/mol. The lowest BCUT2D eigenvalue weighted by Crippen LogP contribution is -2.44. The first-order valence-corrected chi connectivity index (χ1v) is 12.6. The van der Waals surface area contributed by atoms with Gasteiger partial charge in [0.05, 0.1) is 27.5 Å². The number of carboxylic acid groups (broad SMARTS) is 1. The fourth-order valence-electron chi connectivity index (χ4n) is 4.73. The number of rotatable bonds is 5. The Labute approximate surface area is 219 Å². The Morgan fingerprint density at radius 1 is 1.22 bits per heavy atom. The van der Waals surface area contributed by atoms with Gasteiger partial charge in [-0.3, -0.25) is 14.6 Å². The molecule has 5 rings (SSSR count). The van der Waals surface area contributed by atoms with E-state index in [0.29, 0.717) is 18.7 Å². The predicted octanol–water partition coefficient (Wildman–Crippen LogP) is 5.35. The minimum Gasteiger partial charge on any atom is -0.478 e. The predicted molar refractivity (Wildman–Crippen MR) is 138 cm³/mol. The Morgan fingerprint density at radius 2 is 1.97 bits per heavy atom. The number of nitrogens with zero attached hydrogens (tertiary/aromatic N) is 5. The Hall–Kier alpha value is -3.30. The SMILES string of the molecule is CC(C)(C)n1cc(CN2CCC3(CC2)CC(c2ccc(C(=O)O)cn2)=NO3)c(-c2ccc(F)c(Cl)c2)n1. The topological polar surface area (TPSA) is 92.8 Å². The van der Waals surface area contributed by atoms with Crippen LogP contribution in [0.2, 0.25) is 5.02 Å². The van der Waals surface area contributed by atoms with E-state index in [1.165, 1.54) is 18.3 Å². The Balaban J connectivity index is 1.28. The number of aromatic carboxylic acids is 1. The van der Waals surface area contributed by atoms with Crippen LogP contribution in [-0.2, 0) is 16.9 Å². The second-order valence-electron chi connectivity index (χ2n) is 10.7. The van der Waals surface area contributed by atoms with Gasteiger partial charge < -0.3 is 9.94 Å². The molecule has 2 aliphatic rings. The smallest absolute Gasteiger partial charge is 0.337 e. The number of oxime groups is 1. The van der Waals surface area contributed by atoms with Gasteiger partial charge in [0.1, 0.15) is 17.1 Å². The van der Waals surface area contributed by atoms with Crippen molar-refractivity contribution in [2.45, 2.75) is 57.7 Å². The van der Waals surface area contributed by atoms with Crippen LogP contribution in [0.1, 0.15) is 61.6 Å². The molecule has 1 spiro atoms. The van der Waals surface area contributed by atoms with Gasteiger partial charge in [-0.25, -0.2) is 9.18 Å². The minimum absolute atomic E-state index is 0.0787. The summed E-state index contributed by atoms with van der Waals surface area (Å²) in [5, 5.41) is 18.3. The highest BCUT2D eigenvalue weighted by molar-refractivity contribution is 6.31. The number of carboxylic acids is 1. The summed E-state index contributed by atoms with van der Waals surface area (Å²) in [7, 11) is 0. The molecule has 2 aromatic heterocycles. The molecular formula is C27H29ClFN5O3. The minimum atomic E-state index is -1.01. The molecule has 1 fully saturated rings. The lowest BCUT2D eigenvalue weighted by molar-refractivity contribution is -0.0626. The molecule has 0 radical (unpaired) electrons. The number of aromatic nitrogens is 3. The van der Waals surface area contributed by atoms with Crippen LogP contribution in [0, 0.1) is 5.82 Å². The summed E-state index contributed by atoms with van der Waals surface area (Å²) in [6.07, 6.45) is 5.66. The van der Waals surface area contributed by atoms with Crippen LogP contribution in [-0.4, -0.2) is 55.1 Å². The molecule has 1 N–H and O–H groups in total. The Morgan fingerprint density at radius 3 is 2.59 bits per heavy atom. The molecule has 37 heavy (non-hydrogen) atoms. The third-order valence-corrected chi connectivity index (χ3v) is 7.27. The molecule has 0 saturated carbocycles. The molecule has 0 bridgehead atoms. The van der Waals surface area contributed by atoms with E-state index in [-0.39, 0.29) is 21.7 Å². The first-order valence-electron chi connectivity index (χ1n) is 12.2. The van der Waals surface area contributed by atoms with Gasteiger partial charge in [0.15, 0.2) is 0 Å². The van der Waals surface area contributed by atoms with Gasteiger partial charge >= 0.3 is 5.97 Å². The molecule has 2 aliphatic heterocycles. The number of pyridine rings is 1. The Kier molecular flexibility index (Phi) is 6.53. The summed E-state index contributed by atoms with van der Waals surface area (Å²) in [4.78, 5) is 23.6. The van der Waals surface area contributed by atoms with Crippen molar-refractivity contribution >= 4 is 23.3 Å². The van der Waals surface area contributed by atoms with Crippen LogP contribution in [0.25, 0.3) is 11.3 Å². The fourth-order valence-corrected chi connectivity index (χ4v) is 4.91. The van der Waals surface area contributed by atoms with E-state index in [2.05, 4.69) is 42.0 Å². The van der Waals surface area contributed by atoms with Crippen molar-refractivity contribution in [1.29, 1.82) is 0 Å². The normalized spacial score (nSPS) is 17.6. The molecule has 8 nitrogen and oxygen atoms in total. The van der Waals surface area contributed by atoms with Crippen molar-refractivity contribution in [3.63, 3.8) is 0 Å². The largest absolute Gasteiger partial charge is 0.478 e.